The number of nitrogens with zero attached hydrogens (tertiary/aromatic N) is 5. The summed E-state index contributed by atoms with van der Waals surface area (Å²) in [4.78, 5) is 6.31. The summed E-state index contributed by atoms with van der Waals surface area (Å²) in [7, 11) is 1.89. The van der Waals surface area contributed by atoms with Crippen LogP contribution in [-0.2, 0) is 6.54 Å². The maximum atomic E-state index is 13.8. The van der Waals surface area contributed by atoms with Gasteiger partial charge >= 0.3 is 0 Å². The van der Waals surface area contributed by atoms with Crippen LogP contribution < -0.4 is 4.90 Å². The minimum atomic E-state index is -0.207. The Morgan fingerprint density at radius 1 is 1.27 bits per heavy atom. The van der Waals surface area contributed by atoms with Crippen molar-refractivity contribution in [3.05, 3.63) is 53.9 Å². The molecular formula is C16H16FN5. The van der Waals surface area contributed by atoms with E-state index < -0.39 is 0 Å². The van der Waals surface area contributed by atoms with Gasteiger partial charge in [-0.3, -0.25) is 4.40 Å². The maximum Gasteiger partial charge on any atom is 0.203 e. The predicted molar refractivity (Wildman–Crippen MR) is 81.3 cm³/mol. The van der Waals surface area contributed by atoms with Crippen molar-refractivity contribution in [3.8, 4) is 0 Å². The normalized spacial score (nSPS) is 14.5. The van der Waals surface area contributed by atoms with Gasteiger partial charge in [0.25, 0.3) is 0 Å². The van der Waals surface area contributed by atoms with Crippen molar-refractivity contribution >= 4 is 11.5 Å². The Labute approximate surface area is 127 Å². The van der Waals surface area contributed by atoms with E-state index in [1.54, 1.807) is 18.3 Å². The molecule has 0 atom stereocenters. The van der Waals surface area contributed by atoms with Gasteiger partial charge in [0.05, 0.1) is 0 Å². The van der Waals surface area contributed by atoms with Crippen LogP contribution in [0.5, 0.6) is 0 Å². The van der Waals surface area contributed by atoms with E-state index in [4.69, 9.17) is 0 Å². The van der Waals surface area contributed by atoms with Gasteiger partial charge in [-0.1, -0.05) is 18.2 Å². The molecule has 0 amide bonds. The van der Waals surface area contributed by atoms with Crippen LogP contribution in [0.15, 0.2) is 36.7 Å². The number of aromatic nitrogens is 4. The van der Waals surface area contributed by atoms with Gasteiger partial charge in [0.15, 0.2) is 5.82 Å². The third kappa shape index (κ3) is 2.20. The second-order valence-electron chi connectivity index (χ2n) is 5.72. The molecule has 1 fully saturated rings. The van der Waals surface area contributed by atoms with E-state index in [2.05, 4.69) is 15.2 Å². The lowest BCUT2D eigenvalue weighted by Crippen LogP contribution is -2.19. The first kappa shape index (κ1) is 13.2. The Balaban J connectivity index is 1.69. The summed E-state index contributed by atoms with van der Waals surface area (Å²) in [5.74, 6) is 2.02. The molecule has 1 aliphatic carbocycles. The van der Waals surface area contributed by atoms with Gasteiger partial charge in [0, 0.05) is 37.5 Å². The Morgan fingerprint density at radius 2 is 2.09 bits per heavy atom. The maximum absolute atomic E-state index is 13.8. The fourth-order valence-corrected chi connectivity index (χ4v) is 2.68. The number of fused-ring (bicyclic) bond motifs is 1. The minimum Gasteiger partial charge on any atom is -0.352 e. The van der Waals surface area contributed by atoms with Gasteiger partial charge in [0.2, 0.25) is 5.65 Å². The molecule has 0 spiro atoms. The second-order valence-corrected chi connectivity index (χ2v) is 5.72. The highest BCUT2D eigenvalue weighted by Gasteiger charge is 2.29. The average Bonchev–Trinajstić information content (AvgIpc) is 3.28. The van der Waals surface area contributed by atoms with Gasteiger partial charge in [0.1, 0.15) is 11.6 Å². The molecule has 0 radical (unpaired) electrons. The van der Waals surface area contributed by atoms with E-state index in [-0.39, 0.29) is 5.82 Å². The van der Waals surface area contributed by atoms with Crippen molar-refractivity contribution in [2.45, 2.75) is 25.3 Å². The molecular weight excluding hydrogens is 281 g/mol. The monoisotopic (exact) mass is 297 g/mol. The molecule has 3 aromatic rings. The molecule has 0 saturated heterocycles. The van der Waals surface area contributed by atoms with Gasteiger partial charge < -0.3 is 4.90 Å². The standard InChI is InChI=1S/C16H16FN5/c1-21(10-12-4-2-3-5-13(12)17)15-16-20-19-14(11-6-7-11)22(16)9-8-18-15/h2-5,8-9,11H,6-7,10H2,1H3. The summed E-state index contributed by atoms with van der Waals surface area (Å²) in [6, 6.07) is 6.78. The zero-order valence-corrected chi connectivity index (χ0v) is 12.3. The van der Waals surface area contributed by atoms with Crippen molar-refractivity contribution in [1.82, 2.24) is 19.6 Å². The molecule has 2 aromatic heterocycles. The molecule has 2 heterocycles. The summed E-state index contributed by atoms with van der Waals surface area (Å²) in [5, 5.41) is 8.58. The average molecular weight is 297 g/mol. The summed E-state index contributed by atoms with van der Waals surface area (Å²) < 4.78 is 15.8. The lowest BCUT2D eigenvalue weighted by Gasteiger charge is -2.18. The van der Waals surface area contributed by atoms with E-state index in [1.807, 2.05) is 28.6 Å². The first-order valence-corrected chi connectivity index (χ1v) is 7.38. The number of rotatable bonds is 4. The Morgan fingerprint density at radius 3 is 2.86 bits per heavy atom. The van der Waals surface area contributed by atoms with Crippen LogP contribution in [0.4, 0.5) is 10.2 Å². The molecule has 5 nitrogen and oxygen atoms in total. The van der Waals surface area contributed by atoms with E-state index in [0.29, 0.717) is 23.8 Å². The molecule has 0 N–H and O–H groups in total. The number of halogens is 1. The molecule has 1 aliphatic rings. The van der Waals surface area contributed by atoms with Crippen LogP contribution in [0.1, 0.15) is 30.1 Å². The molecule has 22 heavy (non-hydrogen) atoms. The van der Waals surface area contributed by atoms with Gasteiger partial charge in [-0.2, -0.15) is 0 Å². The van der Waals surface area contributed by atoms with Crippen LogP contribution in [0.25, 0.3) is 5.65 Å². The Bertz CT molecular complexity index is 824. The van der Waals surface area contributed by atoms with Gasteiger partial charge in [-0.25, -0.2) is 9.37 Å². The van der Waals surface area contributed by atoms with Crippen LogP contribution in [0, 0.1) is 5.82 Å². The SMILES string of the molecule is CN(Cc1ccccc1F)c1nccn2c(C3CC3)nnc12. The highest BCUT2D eigenvalue weighted by molar-refractivity contribution is 5.63. The van der Waals surface area contributed by atoms with Crippen LogP contribution in [0.2, 0.25) is 0 Å². The highest BCUT2D eigenvalue weighted by atomic mass is 19.1. The molecule has 6 heteroatoms. The molecule has 1 saturated carbocycles. The van der Waals surface area contributed by atoms with Crippen molar-refractivity contribution in [1.29, 1.82) is 0 Å². The fraction of sp³-hybridized carbons (Fsp3) is 0.312. The smallest absolute Gasteiger partial charge is 0.203 e. The van der Waals surface area contributed by atoms with Crippen molar-refractivity contribution in [2.75, 3.05) is 11.9 Å². The first-order chi connectivity index (χ1) is 10.7. The zero-order chi connectivity index (χ0) is 15.1. The van der Waals surface area contributed by atoms with Crippen molar-refractivity contribution < 1.29 is 4.39 Å². The third-order valence-corrected chi connectivity index (χ3v) is 4.00. The quantitative estimate of drug-likeness (QED) is 0.743. The van der Waals surface area contributed by atoms with E-state index >= 15 is 0 Å². The summed E-state index contributed by atoms with van der Waals surface area (Å²) >= 11 is 0. The van der Waals surface area contributed by atoms with E-state index in [0.717, 1.165) is 11.5 Å². The molecule has 0 bridgehead atoms. The van der Waals surface area contributed by atoms with Crippen LogP contribution in [-0.4, -0.2) is 26.6 Å². The second kappa shape index (κ2) is 5.05. The number of hydrogen-bond acceptors (Lipinski definition) is 4. The highest BCUT2D eigenvalue weighted by Crippen LogP contribution is 2.39. The van der Waals surface area contributed by atoms with Crippen molar-refractivity contribution in [3.63, 3.8) is 0 Å². The molecule has 0 unspecified atom stereocenters. The molecule has 112 valence electrons. The van der Waals surface area contributed by atoms with E-state index in [1.165, 1.54) is 18.9 Å². The first-order valence-electron chi connectivity index (χ1n) is 7.38. The number of hydrogen-bond donors (Lipinski definition) is 0. The lowest BCUT2D eigenvalue weighted by atomic mass is 10.2. The number of benzene rings is 1. The molecule has 0 aliphatic heterocycles. The third-order valence-electron chi connectivity index (χ3n) is 4.00. The summed E-state index contributed by atoms with van der Waals surface area (Å²) in [5.41, 5.74) is 1.36. The van der Waals surface area contributed by atoms with Crippen LogP contribution >= 0.6 is 0 Å². The predicted octanol–water partition coefficient (Wildman–Crippen LogP) is 2.78. The molecule has 1 aromatic carbocycles. The summed E-state index contributed by atoms with van der Waals surface area (Å²) in [6.07, 6.45) is 5.98. The van der Waals surface area contributed by atoms with Gasteiger partial charge in [-0.05, 0) is 18.9 Å². The minimum absolute atomic E-state index is 0.207. The Kier molecular flexibility index (Phi) is 3.03. The zero-order valence-electron chi connectivity index (χ0n) is 12.3. The molecule has 4 rings (SSSR count). The summed E-state index contributed by atoms with van der Waals surface area (Å²) in [6.45, 7) is 0.435. The fourth-order valence-electron chi connectivity index (χ4n) is 2.68. The van der Waals surface area contributed by atoms with Crippen molar-refractivity contribution in [2.24, 2.45) is 0 Å². The lowest BCUT2D eigenvalue weighted by molar-refractivity contribution is 0.607. The van der Waals surface area contributed by atoms with Gasteiger partial charge in [-0.15, -0.1) is 10.2 Å². The topological polar surface area (TPSA) is 46.3 Å². The largest absolute Gasteiger partial charge is 0.352 e. The number of anilines is 1. The van der Waals surface area contributed by atoms with E-state index in [9.17, 15) is 4.39 Å². The van der Waals surface area contributed by atoms with Crippen LogP contribution in [0.3, 0.4) is 0 Å². The Hall–Kier alpha value is -2.50.